The summed E-state index contributed by atoms with van der Waals surface area (Å²) in [6.45, 7) is -0.0129. The second-order valence-electron chi connectivity index (χ2n) is 5.64. The number of ether oxygens (including phenoxy) is 1. The zero-order valence-electron chi connectivity index (χ0n) is 13.4. The van der Waals surface area contributed by atoms with Crippen LogP contribution in [0.15, 0.2) is 27.8 Å². The van der Waals surface area contributed by atoms with Crippen molar-refractivity contribution in [3.8, 4) is 11.8 Å². The first-order valence-corrected chi connectivity index (χ1v) is 7.99. The van der Waals surface area contributed by atoms with Crippen molar-refractivity contribution in [2.45, 2.75) is 25.9 Å². The van der Waals surface area contributed by atoms with Crippen molar-refractivity contribution in [1.29, 1.82) is 5.26 Å². The molecular weight excluding hydrogens is 346 g/mol. The minimum Gasteiger partial charge on any atom is -0.495 e. The van der Waals surface area contributed by atoms with Gasteiger partial charge in [-0.2, -0.15) is 5.26 Å². The number of hydrogen-bond donors (Lipinski definition) is 0. The first-order valence-electron chi connectivity index (χ1n) is 7.61. The number of fused-ring (bicyclic) bond motifs is 1. The topological polar surface area (TPSA) is 94.1 Å². The first kappa shape index (κ1) is 17.0. The third-order valence-electron chi connectivity index (χ3n) is 4.22. The molecule has 0 atom stereocenters. The Kier molecular flexibility index (Phi) is 4.47. The molecule has 0 amide bonds. The number of methoxy groups -OCH3 is 1. The Morgan fingerprint density at radius 2 is 2.16 bits per heavy atom. The lowest BCUT2D eigenvalue weighted by Crippen LogP contribution is -2.43. The zero-order chi connectivity index (χ0) is 18.1. The number of hydrogen-bond acceptors (Lipinski definition) is 5. The van der Waals surface area contributed by atoms with Gasteiger partial charge in [0.2, 0.25) is 0 Å². The average molecular weight is 360 g/mol. The Morgan fingerprint density at radius 3 is 2.80 bits per heavy atom. The van der Waals surface area contributed by atoms with Crippen LogP contribution in [0, 0.1) is 11.3 Å². The molecule has 0 N–H and O–H groups in total. The molecule has 0 bridgehead atoms. The van der Waals surface area contributed by atoms with E-state index in [2.05, 4.69) is 0 Å². The quantitative estimate of drug-likeness (QED) is 0.768. The maximum atomic E-state index is 12.5. The summed E-state index contributed by atoms with van der Waals surface area (Å²) in [5.74, 6) is -0.0362. The maximum absolute atomic E-state index is 12.5. The highest BCUT2D eigenvalue weighted by Crippen LogP contribution is 2.25. The summed E-state index contributed by atoms with van der Waals surface area (Å²) in [7, 11) is 1.46. The highest BCUT2D eigenvalue weighted by atomic mass is 35.5. The van der Waals surface area contributed by atoms with Gasteiger partial charge in [0, 0.05) is 17.8 Å². The Hall–Kier alpha value is -2.85. The van der Waals surface area contributed by atoms with Gasteiger partial charge in [-0.1, -0.05) is 11.6 Å². The molecule has 0 unspecified atom stereocenters. The van der Waals surface area contributed by atoms with Crippen molar-refractivity contribution in [2.75, 3.05) is 7.11 Å². The van der Waals surface area contributed by atoms with Crippen molar-refractivity contribution >= 4 is 17.4 Å². The fraction of sp³-hybridized carbons (Fsp3) is 0.294. The average Bonchev–Trinajstić information content (AvgIpc) is 3.08. The van der Waals surface area contributed by atoms with E-state index in [-0.39, 0.29) is 16.1 Å². The molecule has 8 heteroatoms. The molecule has 1 aromatic heterocycles. The number of nitriles is 1. The summed E-state index contributed by atoms with van der Waals surface area (Å²) < 4.78 is 7.24. The number of nitrogens with zero attached hydrogens (tertiary/aromatic N) is 3. The highest BCUT2D eigenvalue weighted by molar-refractivity contribution is 6.32. The van der Waals surface area contributed by atoms with Crippen LogP contribution in [0.2, 0.25) is 5.02 Å². The molecule has 1 aromatic carbocycles. The lowest BCUT2D eigenvalue weighted by molar-refractivity contribution is 0.0968. The van der Waals surface area contributed by atoms with Crippen molar-refractivity contribution in [3.63, 3.8) is 0 Å². The Bertz CT molecular complexity index is 1030. The number of Topliss-reactive ketones (excluding diaryl/α,β-unsaturated/α-hetero) is 1. The van der Waals surface area contributed by atoms with Gasteiger partial charge in [-0.3, -0.25) is 18.7 Å². The summed E-state index contributed by atoms with van der Waals surface area (Å²) in [4.78, 5) is 37.4. The van der Waals surface area contributed by atoms with Crippen LogP contribution in [0.25, 0.3) is 0 Å². The van der Waals surface area contributed by atoms with Crippen LogP contribution >= 0.6 is 11.6 Å². The van der Waals surface area contributed by atoms with Crippen LogP contribution in [-0.2, 0) is 19.5 Å². The normalized spacial score (nSPS) is 12.5. The Morgan fingerprint density at radius 1 is 1.40 bits per heavy atom. The van der Waals surface area contributed by atoms with E-state index >= 15 is 0 Å². The van der Waals surface area contributed by atoms with E-state index in [4.69, 9.17) is 16.3 Å². The van der Waals surface area contributed by atoms with Gasteiger partial charge >= 0.3 is 5.69 Å². The van der Waals surface area contributed by atoms with Crippen LogP contribution in [0.3, 0.4) is 0 Å². The number of carbonyl (C=O) groups excluding carboxylic acids is 1. The van der Waals surface area contributed by atoms with E-state index in [1.54, 1.807) is 0 Å². The van der Waals surface area contributed by atoms with Crippen LogP contribution < -0.4 is 16.0 Å². The lowest BCUT2D eigenvalue weighted by atomic mass is 10.1. The molecule has 3 rings (SSSR count). The lowest BCUT2D eigenvalue weighted by Gasteiger charge is -2.11. The fourth-order valence-corrected chi connectivity index (χ4v) is 3.22. The number of ketones is 1. The molecule has 0 aliphatic carbocycles. The van der Waals surface area contributed by atoms with E-state index in [1.165, 1.54) is 29.9 Å². The molecule has 2 heterocycles. The SMILES string of the molecule is COc1ccc(C(=O)Cn2c(=O)c(C#N)c3n(c2=O)CCC3)cc1Cl. The number of benzene rings is 1. The predicted molar refractivity (Wildman–Crippen MR) is 90.3 cm³/mol. The van der Waals surface area contributed by atoms with Crippen molar-refractivity contribution in [3.05, 3.63) is 60.9 Å². The van der Waals surface area contributed by atoms with Crippen LogP contribution in [0.5, 0.6) is 5.75 Å². The molecule has 0 saturated heterocycles. The Labute approximate surface area is 147 Å². The monoisotopic (exact) mass is 359 g/mol. The van der Waals surface area contributed by atoms with Gasteiger partial charge in [-0.25, -0.2) is 4.79 Å². The summed E-state index contributed by atoms with van der Waals surface area (Å²) in [5, 5.41) is 9.50. The second kappa shape index (κ2) is 6.57. The zero-order valence-corrected chi connectivity index (χ0v) is 14.2. The predicted octanol–water partition coefficient (Wildman–Crippen LogP) is 1.37. The van der Waals surface area contributed by atoms with E-state index in [1.807, 2.05) is 6.07 Å². The molecule has 7 nitrogen and oxygen atoms in total. The standard InChI is InChI=1S/C17H14ClN3O4/c1-25-15-5-4-10(7-12(15)18)14(22)9-21-16(23)11(8-19)13-3-2-6-20(13)17(21)24/h4-5,7H,2-3,6,9H2,1H3. The first-order chi connectivity index (χ1) is 12.0. The van der Waals surface area contributed by atoms with Crippen LogP contribution in [0.4, 0.5) is 0 Å². The number of carbonyl (C=O) groups is 1. The number of rotatable bonds is 4. The maximum Gasteiger partial charge on any atom is 0.331 e. The fourth-order valence-electron chi connectivity index (χ4n) is 2.96. The molecule has 1 aliphatic rings. The largest absolute Gasteiger partial charge is 0.495 e. The molecule has 128 valence electrons. The van der Waals surface area contributed by atoms with Gasteiger partial charge in [0.15, 0.2) is 5.78 Å². The highest BCUT2D eigenvalue weighted by Gasteiger charge is 2.23. The van der Waals surface area contributed by atoms with Gasteiger partial charge in [0.25, 0.3) is 5.56 Å². The van der Waals surface area contributed by atoms with Crippen molar-refractivity contribution in [2.24, 2.45) is 0 Å². The van der Waals surface area contributed by atoms with Crippen LogP contribution in [0.1, 0.15) is 28.0 Å². The van der Waals surface area contributed by atoms with E-state index in [0.29, 0.717) is 30.8 Å². The second-order valence-corrected chi connectivity index (χ2v) is 6.04. The van der Waals surface area contributed by atoms with Gasteiger partial charge in [0.1, 0.15) is 17.4 Å². The van der Waals surface area contributed by atoms with Gasteiger partial charge in [-0.05, 0) is 31.0 Å². The molecule has 1 aliphatic heterocycles. The minimum atomic E-state index is -0.728. The summed E-state index contributed by atoms with van der Waals surface area (Å²) in [5.41, 5.74) is -0.662. The van der Waals surface area contributed by atoms with Gasteiger partial charge in [0.05, 0.1) is 18.7 Å². The smallest absolute Gasteiger partial charge is 0.331 e. The van der Waals surface area contributed by atoms with Crippen molar-refractivity contribution in [1.82, 2.24) is 9.13 Å². The molecule has 0 spiro atoms. The summed E-state index contributed by atoms with van der Waals surface area (Å²) >= 11 is 6.01. The van der Waals surface area contributed by atoms with Crippen molar-refractivity contribution < 1.29 is 9.53 Å². The van der Waals surface area contributed by atoms with E-state index in [9.17, 15) is 19.6 Å². The van der Waals surface area contributed by atoms with E-state index < -0.39 is 23.6 Å². The molecule has 0 fully saturated rings. The molecule has 0 radical (unpaired) electrons. The van der Waals surface area contributed by atoms with E-state index in [0.717, 1.165) is 4.57 Å². The molecular formula is C17H14ClN3O4. The summed E-state index contributed by atoms with van der Waals surface area (Å²) in [6, 6.07) is 6.32. The third-order valence-corrected chi connectivity index (χ3v) is 4.51. The molecule has 2 aromatic rings. The minimum absolute atomic E-state index is 0.0716. The number of aromatic nitrogens is 2. The molecule has 25 heavy (non-hydrogen) atoms. The summed E-state index contributed by atoms with van der Waals surface area (Å²) in [6.07, 6.45) is 1.20. The Balaban J connectivity index is 2.03. The van der Waals surface area contributed by atoms with Crippen LogP contribution in [-0.4, -0.2) is 22.0 Å². The third kappa shape index (κ3) is 2.85. The van der Waals surface area contributed by atoms with Gasteiger partial charge < -0.3 is 4.74 Å². The van der Waals surface area contributed by atoms with Gasteiger partial charge in [-0.15, -0.1) is 0 Å². The number of halogens is 1. The molecule has 0 saturated carbocycles.